The molecule has 1 N–H and O–H groups in total. The number of hydrogen-bond donors (Lipinski definition) is 1. The number of amides is 1. The lowest BCUT2D eigenvalue weighted by Crippen LogP contribution is -2.17. The zero-order chi connectivity index (χ0) is 19.8. The zero-order valence-electron chi connectivity index (χ0n) is 16.3. The summed E-state index contributed by atoms with van der Waals surface area (Å²) in [5, 5.41) is 12.7. The predicted octanol–water partition coefficient (Wildman–Crippen LogP) is 3.40. The van der Waals surface area contributed by atoms with Gasteiger partial charge in [0.25, 0.3) is 0 Å². The van der Waals surface area contributed by atoms with Crippen LogP contribution in [0, 0.1) is 5.92 Å². The molecule has 1 atom stereocenters. The van der Waals surface area contributed by atoms with Crippen LogP contribution in [0.3, 0.4) is 0 Å². The van der Waals surface area contributed by atoms with Crippen LogP contribution < -0.4 is 5.32 Å². The molecule has 0 radical (unpaired) electrons. The molecule has 4 rings (SSSR count). The first-order valence-electron chi connectivity index (χ1n) is 9.52. The number of rotatable bonds is 6. The van der Waals surface area contributed by atoms with Crippen LogP contribution in [0.5, 0.6) is 0 Å². The van der Waals surface area contributed by atoms with Crippen LogP contribution in [0.15, 0.2) is 5.16 Å². The average molecular weight is 421 g/mol. The van der Waals surface area contributed by atoms with E-state index in [1.165, 1.54) is 35.1 Å². The normalized spacial score (nSPS) is 18.6. The molecule has 2 heterocycles. The number of esters is 1. The van der Waals surface area contributed by atoms with Crippen molar-refractivity contribution in [3.8, 4) is 0 Å². The Kier molecular flexibility index (Phi) is 5.46. The molecule has 0 saturated heterocycles. The number of nitrogens with zero attached hydrogens (tertiary/aromatic N) is 3. The molecular weight excluding hydrogens is 396 g/mol. The molecule has 1 unspecified atom stereocenters. The number of nitrogens with one attached hydrogen (secondary N) is 1. The molecule has 7 nitrogen and oxygen atoms in total. The van der Waals surface area contributed by atoms with E-state index < -0.39 is 0 Å². The van der Waals surface area contributed by atoms with Gasteiger partial charge in [0.1, 0.15) is 10.8 Å². The van der Waals surface area contributed by atoms with Gasteiger partial charge >= 0.3 is 5.97 Å². The molecule has 28 heavy (non-hydrogen) atoms. The summed E-state index contributed by atoms with van der Waals surface area (Å²) in [5.74, 6) is 1.79. The quantitative estimate of drug-likeness (QED) is 0.569. The molecule has 2 aliphatic rings. The fourth-order valence-electron chi connectivity index (χ4n) is 3.60. The van der Waals surface area contributed by atoms with Gasteiger partial charge in [-0.15, -0.1) is 21.5 Å². The molecule has 9 heteroatoms. The maximum absolute atomic E-state index is 12.6. The summed E-state index contributed by atoms with van der Waals surface area (Å²) >= 11 is 2.87. The standard InChI is InChI=1S/C19H24N4O3S2/c1-10-4-7-12-13(8-10)28-17(15(12)18(25)26-3)20-14(24)9-27-19-22-21-16(23(19)2)11-5-6-11/h10-11H,4-9H2,1-3H3,(H,20,24). The number of anilines is 1. The van der Waals surface area contributed by atoms with E-state index in [0.717, 1.165) is 48.6 Å². The van der Waals surface area contributed by atoms with Crippen molar-refractivity contribution in [3.05, 3.63) is 21.8 Å². The third kappa shape index (κ3) is 3.82. The number of ether oxygens (including phenoxy) is 1. The Balaban J connectivity index is 1.46. The molecule has 0 aliphatic heterocycles. The summed E-state index contributed by atoms with van der Waals surface area (Å²) in [5.41, 5.74) is 1.57. The molecule has 2 aromatic heterocycles. The first-order chi connectivity index (χ1) is 13.5. The van der Waals surface area contributed by atoms with Gasteiger partial charge in [-0.2, -0.15) is 0 Å². The minimum Gasteiger partial charge on any atom is -0.465 e. The molecular formula is C19H24N4O3S2. The summed E-state index contributed by atoms with van der Waals surface area (Å²) in [6.07, 6.45) is 5.17. The van der Waals surface area contributed by atoms with Gasteiger partial charge in [0, 0.05) is 17.8 Å². The number of methoxy groups -OCH3 is 1. The van der Waals surface area contributed by atoms with Gasteiger partial charge in [-0.1, -0.05) is 18.7 Å². The second-order valence-corrected chi connectivity index (χ2v) is 9.61. The first-order valence-corrected chi connectivity index (χ1v) is 11.3. The van der Waals surface area contributed by atoms with E-state index in [1.54, 1.807) is 0 Å². The predicted molar refractivity (Wildman–Crippen MR) is 109 cm³/mol. The molecule has 0 bridgehead atoms. The summed E-state index contributed by atoms with van der Waals surface area (Å²) < 4.78 is 6.95. The number of thiophene rings is 1. The molecule has 1 saturated carbocycles. The van der Waals surface area contributed by atoms with Gasteiger partial charge in [-0.3, -0.25) is 4.79 Å². The first kappa shape index (κ1) is 19.4. The van der Waals surface area contributed by atoms with Crippen LogP contribution in [0.1, 0.15) is 58.7 Å². The van der Waals surface area contributed by atoms with E-state index in [4.69, 9.17) is 4.74 Å². The molecule has 0 spiro atoms. The van der Waals surface area contributed by atoms with Gasteiger partial charge < -0.3 is 14.6 Å². The van der Waals surface area contributed by atoms with Gasteiger partial charge in [-0.25, -0.2) is 4.79 Å². The molecule has 1 amide bonds. The van der Waals surface area contributed by atoms with Crippen molar-refractivity contribution in [2.24, 2.45) is 13.0 Å². The van der Waals surface area contributed by atoms with Crippen molar-refractivity contribution in [3.63, 3.8) is 0 Å². The lowest BCUT2D eigenvalue weighted by Gasteiger charge is -2.18. The summed E-state index contributed by atoms with van der Waals surface area (Å²) in [7, 11) is 3.32. The average Bonchev–Trinajstić information content (AvgIpc) is 3.36. The van der Waals surface area contributed by atoms with E-state index in [1.807, 2.05) is 11.6 Å². The number of carbonyl (C=O) groups is 2. The minimum absolute atomic E-state index is 0.155. The molecule has 0 aromatic carbocycles. The highest BCUT2D eigenvalue weighted by Gasteiger charge is 2.30. The topological polar surface area (TPSA) is 86.1 Å². The van der Waals surface area contributed by atoms with Crippen LogP contribution in [0.2, 0.25) is 0 Å². The Hall–Kier alpha value is -1.87. The van der Waals surface area contributed by atoms with Crippen molar-refractivity contribution in [1.82, 2.24) is 14.8 Å². The monoisotopic (exact) mass is 420 g/mol. The highest BCUT2D eigenvalue weighted by molar-refractivity contribution is 7.99. The Bertz CT molecular complexity index is 917. The summed E-state index contributed by atoms with van der Waals surface area (Å²) in [6, 6.07) is 0. The van der Waals surface area contributed by atoms with E-state index in [9.17, 15) is 9.59 Å². The highest BCUT2D eigenvalue weighted by atomic mass is 32.2. The van der Waals surface area contributed by atoms with Crippen molar-refractivity contribution < 1.29 is 14.3 Å². The Morgan fingerprint density at radius 2 is 2.11 bits per heavy atom. The zero-order valence-corrected chi connectivity index (χ0v) is 17.9. The second kappa shape index (κ2) is 7.87. The lowest BCUT2D eigenvalue weighted by molar-refractivity contribution is -0.113. The summed E-state index contributed by atoms with van der Waals surface area (Å²) in [4.78, 5) is 26.1. The number of hydrogen-bond acceptors (Lipinski definition) is 7. The number of aromatic nitrogens is 3. The largest absolute Gasteiger partial charge is 0.465 e. The molecule has 2 aromatic rings. The van der Waals surface area contributed by atoms with E-state index in [2.05, 4.69) is 22.4 Å². The fraction of sp³-hybridized carbons (Fsp3) is 0.579. The molecule has 1 fully saturated rings. The maximum Gasteiger partial charge on any atom is 0.341 e. The molecule has 2 aliphatic carbocycles. The Labute approximate surface area is 172 Å². The van der Waals surface area contributed by atoms with Gasteiger partial charge in [0.05, 0.1) is 18.4 Å². The van der Waals surface area contributed by atoms with Crippen LogP contribution >= 0.6 is 23.1 Å². The van der Waals surface area contributed by atoms with Crippen LogP contribution in [-0.2, 0) is 29.4 Å². The lowest BCUT2D eigenvalue weighted by atomic mass is 9.88. The second-order valence-electron chi connectivity index (χ2n) is 7.56. The van der Waals surface area contributed by atoms with E-state index in [0.29, 0.717) is 22.4 Å². The van der Waals surface area contributed by atoms with Crippen molar-refractivity contribution in [1.29, 1.82) is 0 Å². The van der Waals surface area contributed by atoms with E-state index in [-0.39, 0.29) is 17.6 Å². The third-order valence-corrected chi connectivity index (χ3v) is 7.49. The summed E-state index contributed by atoms with van der Waals surface area (Å²) in [6.45, 7) is 2.21. The van der Waals surface area contributed by atoms with Crippen LogP contribution in [-0.4, -0.2) is 39.5 Å². The van der Waals surface area contributed by atoms with Gasteiger partial charge in [0.15, 0.2) is 5.16 Å². The number of thioether (sulfide) groups is 1. The fourth-order valence-corrected chi connectivity index (χ4v) is 5.73. The van der Waals surface area contributed by atoms with Crippen molar-refractivity contribution >= 4 is 40.0 Å². The van der Waals surface area contributed by atoms with Gasteiger partial charge in [0.2, 0.25) is 5.91 Å². The van der Waals surface area contributed by atoms with Crippen molar-refractivity contribution in [2.45, 2.75) is 50.1 Å². The van der Waals surface area contributed by atoms with Gasteiger partial charge in [-0.05, 0) is 43.6 Å². The Morgan fingerprint density at radius 1 is 1.32 bits per heavy atom. The smallest absolute Gasteiger partial charge is 0.341 e. The maximum atomic E-state index is 12.6. The number of fused-ring (bicyclic) bond motifs is 1. The minimum atomic E-state index is -0.377. The SMILES string of the molecule is COC(=O)c1c(NC(=O)CSc2nnc(C3CC3)n2C)sc2c1CCC(C)C2. The highest BCUT2D eigenvalue weighted by Crippen LogP contribution is 2.41. The van der Waals surface area contributed by atoms with Crippen LogP contribution in [0.4, 0.5) is 5.00 Å². The third-order valence-electron chi connectivity index (χ3n) is 5.30. The van der Waals surface area contributed by atoms with E-state index >= 15 is 0 Å². The van der Waals surface area contributed by atoms with Crippen molar-refractivity contribution in [2.75, 3.05) is 18.2 Å². The molecule has 150 valence electrons. The number of carbonyl (C=O) groups excluding carboxylic acids is 2. The Morgan fingerprint density at radius 3 is 2.82 bits per heavy atom. The van der Waals surface area contributed by atoms with Crippen LogP contribution in [0.25, 0.3) is 0 Å².